The van der Waals surface area contributed by atoms with Gasteiger partial charge in [-0.2, -0.15) is 13.2 Å². The van der Waals surface area contributed by atoms with Gasteiger partial charge in [0.1, 0.15) is 6.04 Å². The van der Waals surface area contributed by atoms with Crippen molar-refractivity contribution in [2.75, 3.05) is 11.4 Å². The molecule has 7 nitrogen and oxygen atoms in total. The zero-order valence-corrected chi connectivity index (χ0v) is 15.6. The monoisotopic (exact) mass is 418 g/mol. The van der Waals surface area contributed by atoms with Crippen LogP contribution in [0, 0.1) is 0 Å². The third-order valence-electron chi connectivity index (χ3n) is 5.25. The highest BCUT2D eigenvalue weighted by atomic mass is 19.4. The maximum Gasteiger partial charge on any atom is 0.416 e. The van der Waals surface area contributed by atoms with Crippen molar-refractivity contribution in [1.82, 2.24) is 15.2 Å². The molecule has 0 bridgehead atoms. The molecule has 1 N–H and O–H groups in total. The molecule has 2 fully saturated rings. The molecule has 1 aromatic heterocycles. The highest BCUT2D eigenvalue weighted by Gasteiger charge is 2.49. The Balaban J connectivity index is 1.51. The third-order valence-corrected chi connectivity index (χ3v) is 5.25. The van der Waals surface area contributed by atoms with Crippen LogP contribution >= 0.6 is 0 Å². The van der Waals surface area contributed by atoms with Crippen LogP contribution in [0.4, 0.5) is 23.7 Å². The summed E-state index contributed by atoms with van der Waals surface area (Å²) in [6, 6.07) is 5.43. The van der Waals surface area contributed by atoms with Gasteiger partial charge in [-0.25, -0.2) is 9.69 Å². The predicted octanol–water partition coefficient (Wildman–Crippen LogP) is 2.83. The Hall–Kier alpha value is -3.43. The first-order valence-corrected chi connectivity index (χ1v) is 9.28. The summed E-state index contributed by atoms with van der Waals surface area (Å²) in [5, 5.41) is 2.84. The largest absolute Gasteiger partial charge is 0.416 e. The lowest BCUT2D eigenvalue weighted by Crippen LogP contribution is -2.49. The summed E-state index contributed by atoms with van der Waals surface area (Å²) in [4.78, 5) is 43.9. The first-order chi connectivity index (χ1) is 14.3. The lowest BCUT2D eigenvalue weighted by molar-refractivity contribution is -0.137. The van der Waals surface area contributed by atoms with Crippen molar-refractivity contribution in [3.05, 3.63) is 59.9 Å². The van der Waals surface area contributed by atoms with Crippen LogP contribution in [0.3, 0.4) is 0 Å². The zero-order chi connectivity index (χ0) is 21.5. The van der Waals surface area contributed by atoms with E-state index >= 15 is 0 Å². The maximum atomic E-state index is 13.0. The number of imide groups is 1. The second-order valence-corrected chi connectivity index (χ2v) is 7.14. The number of carbonyl (C=O) groups excluding carboxylic acids is 3. The van der Waals surface area contributed by atoms with E-state index in [1.165, 1.54) is 23.4 Å². The summed E-state index contributed by atoms with van der Waals surface area (Å²) >= 11 is 0. The standard InChI is InChI=1S/C20H17F3N4O3/c21-20(22,23)13-2-1-3-15(10-13)27-18(29)16-11-14(6-9-26(16)19(27)30)25-17(28)12-4-7-24-8-5-12/h1-5,7-8,10,14,16H,6,9,11H2,(H,25,28). The molecule has 0 saturated carbocycles. The second kappa shape index (κ2) is 7.43. The summed E-state index contributed by atoms with van der Waals surface area (Å²) < 4.78 is 39.0. The molecule has 0 spiro atoms. The number of fused-ring (bicyclic) bond motifs is 1. The minimum absolute atomic E-state index is 0.119. The lowest BCUT2D eigenvalue weighted by atomic mass is 9.97. The van der Waals surface area contributed by atoms with Crippen molar-refractivity contribution in [1.29, 1.82) is 0 Å². The molecular formula is C20H17F3N4O3. The normalized spacial score (nSPS) is 21.6. The van der Waals surface area contributed by atoms with E-state index in [2.05, 4.69) is 10.3 Å². The number of alkyl halides is 3. The quantitative estimate of drug-likeness (QED) is 0.778. The molecule has 4 rings (SSSR count). The van der Waals surface area contributed by atoms with Gasteiger partial charge in [0.15, 0.2) is 0 Å². The van der Waals surface area contributed by atoms with Crippen LogP contribution in [0.15, 0.2) is 48.8 Å². The Kier molecular flexibility index (Phi) is 4.92. The van der Waals surface area contributed by atoms with E-state index in [9.17, 15) is 27.6 Å². The van der Waals surface area contributed by atoms with E-state index in [1.807, 2.05) is 0 Å². The summed E-state index contributed by atoms with van der Waals surface area (Å²) in [7, 11) is 0. The number of amides is 4. The maximum absolute atomic E-state index is 13.0. The Morgan fingerprint density at radius 2 is 1.87 bits per heavy atom. The summed E-state index contributed by atoms with van der Waals surface area (Å²) in [5.74, 6) is -0.912. The topological polar surface area (TPSA) is 82.6 Å². The van der Waals surface area contributed by atoms with Crippen molar-refractivity contribution >= 4 is 23.5 Å². The van der Waals surface area contributed by atoms with E-state index in [4.69, 9.17) is 0 Å². The average Bonchev–Trinajstić information content (AvgIpc) is 2.98. The third kappa shape index (κ3) is 3.60. The first-order valence-electron chi connectivity index (χ1n) is 9.28. The van der Waals surface area contributed by atoms with Crippen LogP contribution in [0.25, 0.3) is 0 Å². The number of benzene rings is 1. The molecule has 3 heterocycles. The fraction of sp³-hybridized carbons (Fsp3) is 0.300. The van der Waals surface area contributed by atoms with Crippen LogP contribution in [-0.2, 0) is 11.0 Å². The Morgan fingerprint density at radius 1 is 1.13 bits per heavy atom. The van der Waals surface area contributed by atoms with Crippen LogP contribution < -0.4 is 10.2 Å². The minimum atomic E-state index is -4.59. The van der Waals surface area contributed by atoms with Crippen molar-refractivity contribution in [3.63, 3.8) is 0 Å². The number of nitrogens with zero attached hydrogens (tertiary/aromatic N) is 3. The van der Waals surface area contributed by atoms with E-state index in [0.29, 0.717) is 12.0 Å². The van der Waals surface area contributed by atoms with Crippen LogP contribution in [-0.4, -0.2) is 46.4 Å². The van der Waals surface area contributed by atoms with E-state index < -0.39 is 29.7 Å². The molecule has 2 aliphatic heterocycles. The van der Waals surface area contributed by atoms with Gasteiger partial charge in [0.2, 0.25) is 0 Å². The minimum Gasteiger partial charge on any atom is -0.349 e. The van der Waals surface area contributed by atoms with Crippen molar-refractivity contribution in [3.8, 4) is 0 Å². The number of halogens is 3. The molecule has 4 amide bonds. The highest BCUT2D eigenvalue weighted by Crippen LogP contribution is 2.35. The fourth-order valence-corrected chi connectivity index (χ4v) is 3.76. The van der Waals surface area contributed by atoms with Crippen molar-refractivity contribution in [2.24, 2.45) is 0 Å². The molecule has 156 valence electrons. The van der Waals surface area contributed by atoms with Crippen molar-refractivity contribution < 1.29 is 27.6 Å². The summed E-state index contributed by atoms with van der Waals surface area (Å²) in [6.45, 7) is 0.214. The van der Waals surface area contributed by atoms with Gasteiger partial charge < -0.3 is 10.2 Å². The van der Waals surface area contributed by atoms with Crippen molar-refractivity contribution in [2.45, 2.75) is 31.1 Å². The van der Waals surface area contributed by atoms with Gasteiger partial charge in [-0.1, -0.05) is 6.07 Å². The van der Waals surface area contributed by atoms with Crippen LogP contribution in [0.2, 0.25) is 0 Å². The van der Waals surface area contributed by atoms with Gasteiger partial charge in [-0.05, 0) is 43.2 Å². The van der Waals surface area contributed by atoms with Gasteiger partial charge in [0.25, 0.3) is 11.8 Å². The molecule has 0 radical (unpaired) electrons. The van der Waals surface area contributed by atoms with Gasteiger partial charge in [-0.3, -0.25) is 14.6 Å². The Bertz CT molecular complexity index is 996. The zero-order valence-electron chi connectivity index (χ0n) is 15.6. The highest BCUT2D eigenvalue weighted by molar-refractivity contribution is 6.21. The summed E-state index contributed by atoms with van der Waals surface area (Å²) in [5.41, 5.74) is -0.633. The number of anilines is 1. The molecule has 10 heteroatoms. The number of aromatic nitrogens is 1. The number of hydrogen-bond acceptors (Lipinski definition) is 4. The molecule has 2 saturated heterocycles. The number of carbonyl (C=O) groups is 3. The Labute approximate surface area is 169 Å². The number of hydrogen-bond donors (Lipinski definition) is 1. The smallest absolute Gasteiger partial charge is 0.349 e. The molecule has 1 aromatic carbocycles. The molecular weight excluding hydrogens is 401 g/mol. The molecule has 2 aromatic rings. The lowest BCUT2D eigenvalue weighted by Gasteiger charge is -2.32. The van der Waals surface area contributed by atoms with Gasteiger partial charge in [0.05, 0.1) is 11.3 Å². The number of urea groups is 1. The predicted molar refractivity (Wildman–Crippen MR) is 99.5 cm³/mol. The molecule has 2 atom stereocenters. The van der Waals surface area contributed by atoms with Crippen LogP contribution in [0.1, 0.15) is 28.8 Å². The number of pyridine rings is 1. The van der Waals surface area contributed by atoms with E-state index in [1.54, 1.807) is 12.1 Å². The van der Waals surface area contributed by atoms with Crippen LogP contribution in [0.5, 0.6) is 0 Å². The SMILES string of the molecule is O=C(NC1CCN2C(=O)N(c3cccc(C(F)(F)F)c3)C(=O)C2C1)c1ccncc1. The Morgan fingerprint density at radius 3 is 2.57 bits per heavy atom. The van der Waals surface area contributed by atoms with Gasteiger partial charge in [0, 0.05) is 30.5 Å². The second-order valence-electron chi connectivity index (χ2n) is 7.14. The van der Waals surface area contributed by atoms with E-state index in [-0.39, 0.29) is 30.6 Å². The average molecular weight is 418 g/mol. The number of nitrogens with one attached hydrogen (secondary N) is 1. The van der Waals surface area contributed by atoms with E-state index in [0.717, 1.165) is 23.1 Å². The molecule has 0 aliphatic carbocycles. The van der Waals surface area contributed by atoms with Gasteiger partial charge in [-0.15, -0.1) is 0 Å². The number of rotatable bonds is 3. The fourth-order valence-electron chi connectivity index (χ4n) is 3.76. The summed E-state index contributed by atoms with van der Waals surface area (Å²) in [6.07, 6.45) is -0.982. The van der Waals surface area contributed by atoms with Gasteiger partial charge >= 0.3 is 12.2 Å². The molecule has 2 aliphatic rings. The number of piperidine rings is 1. The molecule has 2 unspecified atom stereocenters. The molecule has 30 heavy (non-hydrogen) atoms. The first kappa shape index (κ1) is 19.9.